The molecule has 25 heavy (non-hydrogen) atoms. The third-order valence-corrected chi connectivity index (χ3v) is 4.33. The maximum atomic E-state index is 12.5. The van der Waals surface area contributed by atoms with E-state index in [9.17, 15) is 9.90 Å². The van der Waals surface area contributed by atoms with Crippen molar-refractivity contribution in [2.45, 2.75) is 6.54 Å². The van der Waals surface area contributed by atoms with Crippen LogP contribution in [0, 0.1) is 0 Å². The largest absolute Gasteiger partial charge is 0.504 e. The molecule has 0 bridgehead atoms. The molecule has 0 aromatic heterocycles. The Kier molecular flexibility index (Phi) is 5.09. The van der Waals surface area contributed by atoms with Crippen molar-refractivity contribution in [2.24, 2.45) is 0 Å². The van der Waals surface area contributed by atoms with Crippen molar-refractivity contribution in [3.8, 4) is 17.2 Å². The van der Waals surface area contributed by atoms with Gasteiger partial charge in [-0.1, -0.05) is 6.07 Å². The number of hydrogen-bond acceptors (Lipinski definition) is 5. The van der Waals surface area contributed by atoms with Gasteiger partial charge in [0.15, 0.2) is 11.5 Å². The Bertz CT molecular complexity index is 746. The van der Waals surface area contributed by atoms with Crippen molar-refractivity contribution in [2.75, 3.05) is 38.8 Å². The Labute approximate surface area is 147 Å². The van der Waals surface area contributed by atoms with Crippen molar-refractivity contribution in [1.82, 2.24) is 4.90 Å². The molecule has 2 aromatic rings. The average Bonchev–Trinajstić information content (AvgIpc) is 2.62. The maximum absolute atomic E-state index is 12.5. The number of phenols is 1. The number of benzene rings is 2. The number of amides is 1. The van der Waals surface area contributed by atoms with Crippen LogP contribution in [0.1, 0.15) is 5.56 Å². The molecule has 0 aliphatic carbocycles. The number of carbonyl (C=O) groups is 1. The van der Waals surface area contributed by atoms with Crippen LogP contribution < -0.4 is 14.4 Å². The molecule has 6 nitrogen and oxygen atoms in total. The summed E-state index contributed by atoms with van der Waals surface area (Å²) in [6.45, 7) is 2.36. The highest BCUT2D eigenvalue weighted by Crippen LogP contribution is 2.27. The second kappa shape index (κ2) is 7.44. The minimum Gasteiger partial charge on any atom is -0.504 e. The summed E-state index contributed by atoms with van der Waals surface area (Å²) in [6.07, 6.45) is 0. The van der Waals surface area contributed by atoms with Gasteiger partial charge in [-0.25, -0.2) is 0 Å². The number of nitrogens with zero attached hydrogens (tertiary/aromatic N) is 2. The molecule has 0 spiro atoms. The number of anilines is 1. The fourth-order valence-corrected chi connectivity index (χ4v) is 2.98. The number of methoxy groups -OCH3 is 2. The van der Waals surface area contributed by atoms with E-state index >= 15 is 0 Å². The molecule has 1 N–H and O–H groups in total. The quantitative estimate of drug-likeness (QED) is 0.903. The predicted molar refractivity (Wildman–Crippen MR) is 95.3 cm³/mol. The average molecular weight is 342 g/mol. The van der Waals surface area contributed by atoms with Gasteiger partial charge in [-0.15, -0.1) is 0 Å². The van der Waals surface area contributed by atoms with Gasteiger partial charge in [0.1, 0.15) is 5.75 Å². The Morgan fingerprint density at radius 2 is 1.80 bits per heavy atom. The fourth-order valence-electron chi connectivity index (χ4n) is 2.98. The van der Waals surface area contributed by atoms with Crippen molar-refractivity contribution < 1.29 is 19.4 Å². The van der Waals surface area contributed by atoms with Crippen LogP contribution in [-0.4, -0.2) is 49.8 Å². The molecule has 1 fully saturated rings. The molecule has 6 heteroatoms. The van der Waals surface area contributed by atoms with E-state index in [4.69, 9.17) is 9.47 Å². The van der Waals surface area contributed by atoms with Crippen LogP contribution in [0.15, 0.2) is 42.5 Å². The van der Waals surface area contributed by atoms with E-state index in [1.807, 2.05) is 30.3 Å². The van der Waals surface area contributed by atoms with E-state index in [1.165, 1.54) is 7.11 Å². The second-order valence-electron chi connectivity index (χ2n) is 5.96. The van der Waals surface area contributed by atoms with Gasteiger partial charge in [-0.05, 0) is 42.0 Å². The van der Waals surface area contributed by atoms with Crippen LogP contribution in [0.3, 0.4) is 0 Å². The number of hydrogen-bond donors (Lipinski definition) is 1. The smallest absolute Gasteiger partial charge is 0.241 e. The van der Waals surface area contributed by atoms with Gasteiger partial charge in [0.05, 0.1) is 20.8 Å². The number of aromatic hydroxyl groups is 1. The van der Waals surface area contributed by atoms with Crippen LogP contribution in [0.5, 0.6) is 17.2 Å². The standard InChI is InChI=1S/C19H22N2O4/c1-24-16-6-4-15(5-7-16)21-10-9-20(13-19(21)23)12-14-3-8-18(25-2)17(22)11-14/h3-8,11,22H,9-10,12-13H2,1-2H3. The third kappa shape index (κ3) is 3.85. The molecular formula is C19H22N2O4. The molecule has 1 aliphatic heterocycles. The first kappa shape index (κ1) is 17.1. The van der Waals surface area contributed by atoms with E-state index in [2.05, 4.69) is 4.90 Å². The summed E-state index contributed by atoms with van der Waals surface area (Å²) < 4.78 is 10.2. The number of rotatable bonds is 5. The topological polar surface area (TPSA) is 62.2 Å². The van der Waals surface area contributed by atoms with Crippen LogP contribution >= 0.6 is 0 Å². The van der Waals surface area contributed by atoms with Gasteiger partial charge in [0.2, 0.25) is 5.91 Å². The number of ether oxygens (including phenoxy) is 2. The molecule has 3 rings (SSSR count). The van der Waals surface area contributed by atoms with Gasteiger partial charge in [0.25, 0.3) is 0 Å². The summed E-state index contributed by atoms with van der Waals surface area (Å²) in [5.74, 6) is 1.40. The van der Waals surface area contributed by atoms with E-state index in [0.29, 0.717) is 25.4 Å². The minimum absolute atomic E-state index is 0.0640. The SMILES string of the molecule is COc1ccc(N2CCN(Cc3ccc(OC)c(O)c3)CC2=O)cc1. The number of phenolic OH excluding ortho intramolecular Hbond substituents is 1. The van der Waals surface area contributed by atoms with Crippen LogP contribution in [0.25, 0.3) is 0 Å². The highest BCUT2D eigenvalue weighted by molar-refractivity contribution is 5.95. The lowest BCUT2D eigenvalue weighted by Gasteiger charge is -2.34. The Morgan fingerprint density at radius 3 is 2.40 bits per heavy atom. The van der Waals surface area contributed by atoms with Crippen molar-refractivity contribution in [3.63, 3.8) is 0 Å². The van der Waals surface area contributed by atoms with Crippen molar-refractivity contribution >= 4 is 11.6 Å². The number of piperazine rings is 1. The normalized spacial score (nSPS) is 15.3. The molecular weight excluding hydrogens is 320 g/mol. The van der Waals surface area contributed by atoms with Gasteiger partial charge in [0, 0.05) is 25.3 Å². The summed E-state index contributed by atoms with van der Waals surface area (Å²) in [6, 6.07) is 12.8. The minimum atomic E-state index is 0.0640. The molecule has 2 aromatic carbocycles. The molecule has 1 saturated heterocycles. The van der Waals surface area contributed by atoms with Crippen LogP contribution in [0.2, 0.25) is 0 Å². The molecule has 0 saturated carbocycles. The highest BCUT2D eigenvalue weighted by atomic mass is 16.5. The first-order valence-electron chi connectivity index (χ1n) is 8.13. The van der Waals surface area contributed by atoms with E-state index in [1.54, 1.807) is 24.1 Å². The fraction of sp³-hybridized carbons (Fsp3) is 0.316. The van der Waals surface area contributed by atoms with Crippen LogP contribution in [-0.2, 0) is 11.3 Å². The Morgan fingerprint density at radius 1 is 1.04 bits per heavy atom. The maximum Gasteiger partial charge on any atom is 0.241 e. The zero-order valence-electron chi connectivity index (χ0n) is 14.4. The van der Waals surface area contributed by atoms with Crippen molar-refractivity contribution in [1.29, 1.82) is 0 Å². The van der Waals surface area contributed by atoms with Crippen molar-refractivity contribution in [3.05, 3.63) is 48.0 Å². The second-order valence-corrected chi connectivity index (χ2v) is 5.96. The molecule has 132 valence electrons. The monoisotopic (exact) mass is 342 g/mol. The molecule has 0 radical (unpaired) electrons. The first-order chi connectivity index (χ1) is 12.1. The predicted octanol–water partition coefficient (Wildman–Crippen LogP) is 2.26. The number of carbonyl (C=O) groups excluding carboxylic acids is 1. The van der Waals surface area contributed by atoms with E-state index in [-0.39, 0.29) is 11.7 Å². The van der Waals surface area contributed by atoms with Crippen LogP contribution in [0.4, 0.5) is 5.69 Å². The summed E-state index contributed by atoms with van der Waals surface area (Å²) >= 11 is 0. The van der Waals surface area contributed by atoms with Gasteiger partial charge >= 0.3 is 0 Å². The zero-order chi connectivity index (χ0) is 17.8. The summed E-state index contributed by atoms with van der Waals surface area (Å²) in [4.78, 5) is 16.4. The van der Waals surface area contributed by atoms with E-state index < -0.39 is 0 Å². The van der Waals surface area contributed by atoms with Gasteiger partial charge in [-0.3, -0.25) is 9.69 Å². The lowest BCUT2D eigenvalue weighted by Crippen LogP contribution is -2.50. The highest BCUT2D eigenvalue weighted by Gasteiger charge is 2.25. The summed E-state index contributed by atoms with van der Waals surface area (Å²) in [7, 11) is 3.14. The lowest BCUT2D eigenvalue weighted by atomic mass is 10.1. The first-order valence-corrected chi connectivity index (χ1v) is 8.13. The zero-order valence-corrected chi connectivity index (χ0v) is 14.4. The summed E-state index contributed by atoms with van der Waals surface area (Å²) in [5.41, 5.74) is 1.83. The summed E-state index contributed by atoms with van der Waals surface area (Å²) in [5, 5.41) is 9.88. The third-order valence-electron chi connectivity index (χ3n) is 4.33. The Hall–Kier alpha value is -2.73. The van der Waals surface area contributed by atoms with Gasteiger partial charge in [-0.2, -0.15) is 0 Å². The van der Waals surface area contributed by atoms with Gasteiger partial charge < -0.3 is 19.5 Å². The lowest BCUT2D eigenvalue weighted by molar-refractivity contribution is -0.121. The van der Waals surface area contributed by atoms with E-state index in [0.717, 1.165) is 23.5 Å². The molecule has 0 unspecified atom stereocenters. The molecule has 1 heterocycles. The Balaban J connectivity index is 1.63. The molecule has 1 aliphatic rings. The molecule has 0 atom stereocenters. The molecule has 1 amide bonds.